The smallest absolute Gasteiger partial charge is 0.240 e. The average Bonchev–Trinajstić information content (AvgIpc) is 2.28. The van der Waals surface area contributed by atoms with Crippen LogP contribution in [0.15, 0.2) is 23.1 Å². The molecule has 0 aliphatic heterocycles. The third-order valence-corrected chi connectivity index (χ3v) is 4.23. The summed E-state index contributed by atoms with van der Waals surface area (Å²) in [5, 5.41) is 8.98. The van der Waals surface area contributed by atoms with Gasteiger partial charge in [0.05, 0.1) is 17.0 Å². The van der Waals surface area contributed by atoms with Crippen molar-refractivity contribution in [2.24, 2.45) is 0 Å². The fraction of sp³-hybridized carbons (Fsp3) is 0.455. The number of halogens is 1. The number of hydrogen-bond acceptors (Lipinski definition) is 4. The minimum Gasteiger partial charge on any atom is -0.495 e. The molecule has 0 saturated heterocycles. The lowest BCUT2D eigenvalue weighted by atomic mass is 10.3. The second-order valence-electron chi connectivity index (χ2n) is 3.83. The third kappa shape index (κ3) is 3.84. The largest absolute Gasteiger partial charge is 0.495 e. The van der Waals surface area contributed by atoms with E-state index in [0.717, 1.165) is 0 Å². The predicted molar refractivity (Wildman–Crippen MR) is 69.5 cm³/mol. The van der Waals surface area contributed by atoms with Gasteiger partial charge in [0, 0.05) is 12.6 Å². The summed E-state index contributed by atoms with van der Waals surface area (Å²) in [6.45, 7) is 1.60. The molecule has 0 heterocycles. The Labute approximate surface area is 112 Å². The Morgan fingerprint density at radius 2 is 2.17 bits per heavy atom. The van der Waals surface area contributed by atoms with Crippen molar-refractivity contribution in [3.8, 4) is 5.75 Å². The highest BCUT2D eigenvalue weighted by Crippen LogP contribution is 2.26. The number of aliphatic hydroxyl groups excluding tert-OH is 1. The predicted octanol–water partition coefficient (Wildman–Crippen LogP) is 1.40. The quantitative estimate of drug-likeness (QED) is 0.831. The Balaban J connectivity index is 2.95. The highest BCUT2D eigenvalue weighted by molar-refractivity contribution is 7.89. The van der Waals surface area contributed by atoms with Gasteiger partial charge in [-0.05, 0) is 31.5 Å². The van der Waals surface area contributed by atoms with Crippen molar-refractivity contribution in [3.63, 3.8) is 0 Å². The van der Waals surface area contributed by atoms with Crippen molar-refractivity contribution in [2.75, 3.05) is 13.7 Å². The fourth-order valence-electron chi connectivity index (χ4n) is 1.40. The first-order valence-electron chi connectivity index (χ1n) is 5.37. The summed E-state index contributed by atoms with van der Waals surface area (Å²) in [5.74, 6) is 0.416. The molecule has 0 amide bonds. The number of nitrogens with one attached hydrogen (secondary N) is 1. The normalized spacial score (nSPS) is 13.3. The molecule has 1 aromatic rings. The Hall–Kier alpha value is -0.820. The summed E-state index contributed by atoms with van der Waals surface area (Å²) in [6, 6.07) is 3.89. The lowest BCUT2D eigenvalue weighted by Gasteiger charge is -2.13. The van der Waals surface area contributed by atoms with Gasteiger partial charge in [0.25, 0.3) is 0 Å². The van der Waals surface area contributed by atoms with Gasteiger partial charge < -0.3 is 9.84 Å². The van der Waals surface area contributed by atoms with Gasteiger partial charge in [-0.3, -0.25) is 0 Å². The molecule has 1 rings (SSSR count). The molecule has 1 unspecified atom stereocenters. The van der Waals surface area contributed by atoms with Gasteiger partial charge >= 0.3 is 0 Å². The van der Waals surface area contributed by atoms with E-state index in [1.807, 2.05) is 0 Å². The number of rotatable bonds is 6. The van der Waals surface area contributed by atoms with Crippen LogP contribution in [0.2, 0.25) is 5.02 Å². The molecule has 18 heavy (non-hydrogen) atoms. The summed E-state index contributed by atoms with van der Waals surface area (Å²) in [7, 11) is -2.17. The molecule has 102 valence electrons. The molecule has 0 radical (unpaired) electrons. The summed E-state index contributed by atoms with van der Waals surface area (Å²) >= 11 is 5.88. The van der Waals surface area contributed by atoms with Crippen LogP contribution in [-0.4, -0.2) is 33.3 Å². The molecule has 0 bridgehead atoms. The number of methoxy groups -OCH3 is 1. The van der Waals surface area contributed by atoms with Crippen LogP contribution < -0.4 is 9.46 Å². The van der Waals surface area contributed by atoms with Crippen LogP contribution in [0, 0.1) is 0 Å². The molecule has 0 saturated carbocycles. The number of hydrogen-bond donors (Lipinski definition) is 2. The van der Waals surface area contributed by atoms with E-state index < -0.39 is 10.0 Å². The van der Waals surface area contributed by atoms with Crippen molar-refractivity contribution in [3.05, 3.63) is 23.2 Å². The van der Waals surface area contributed by atoms with Crippen LogP contribution in [0.4, 0.5) is 0 Å². The van der Waals surface area contributed by atoms with Gasteiger partial charge in [-0.25, -0.2) is 13.1 Å². The Morgan fingerprint density at radius 3 is 2.67 bits per heavy atom. The summed E-state index contributed by atoms with van der Waals surface area (Å²) in [5.41, 5.74) is 0. The van der Waals surface area contributed by atoms with Crippen LogP contribution in [-0.2, 0) is 10.0 Å². The van der Waals surface area contributed by atoms with E-state index in [2.05, 4.69) is 4.72 Å². The van der Waals surface area contributed by atoms with Crippen molar-refractivity contribution < 1.29 is 18.3 Å². The van der Waals surface area contributed by atoms with E-state index in [1.54, 1.807) is 6.92 Å². The second-order valence-corrected chi connectivity index (χ2v) is 5.95. The van der Waals surface area contributed by atoms with Gasteiger partial charge in [-0.15, -0.1) is 0 Å². The minimum atomic E-state index is -3.63. The lowest BCUT2D eigenvalue weighted by molar-refractivity contribution is 0.275. The first kappa shape index (κ1) is 15.2. The molecule has 0 spiro atoms. The van der Waals surface area contributed by atoms with Crippen LogP contribution >= 0.6 is 11.6 Å². The van der Waals surface area contributed by atoms with Gasteiger partial charge in [0.2, 0.25) is 10.0 Å². The number of sulfonamides is 1. The standard InChI is InChI=1S/C11H16ClNO4S/c1-8(5-6-14)13-18(15,16)9-3-4-11(17-2)10(12)7-9/h3-4,7-8,13-14H,5-6H2,1-2H3. The zero-order valence-corrected chi connectivity index (χ0v) is 11.8. The molecular formula is C11H16ClNO4S. The zero-order valence-electron chi connectivity index (χ0n) is 10.2. The van der Waals surface area contributed by atoms with E-state index in [4.69, 9.17) is 21.4 Å². The molecule has 1 atom stereocenters. The van der Waals surface area contributed by atoms with Crippen molar-refractivity contribution in [2.45, 2.75) is 24.3 Å². The van der Waals surface area contributed by atoms with E-state index in [9.17, 15) is 8.42 Å². The molecule has 2 N–H and O–H groups in total. The average molecular weight is 294 g/mol. The molecule has 0 aliphatic carbocycles. The van der Waals surface area contributed by atoms with Gasteiger partial charge in [0.15, 0.2) is 0 Å². The number of benzene rings is 1. The van der Waals surface area contributed by atoms with Crippen LogP contribution in [0.1, 0.15) is 13.3 Å². The van der Waals surface area contributed by atoms with Crippen LogP contribution in [0.25, 0.3) is 0 Å². The molecule has 5 nitrogen and oxygen atoms in total. The SMILES string of the molecule is COc1ccc(S(=O)(=O)NC(C)CCO)cc1Cl. The van der Waals surface area contributed by atoms with Crippen molar-refractivity contribution in [1.82, 2.24) is 4.72 Å². The van der Waals surface area contributed by atoms with E-state index in [-0.39, 0.29) is 22.6 Å². The van der Waals surface area contributed by atoms with E-state index >= 15 is 0 Å². The Bertz CT molecular complexity index is 504. The number of ether oxygens (including phenoxy) is 1. The molecule has 7 heteroatoms. The molecule has 0 aromatic heterocycles. The Morgan fingerprint density at radius 1 is 1.50 bits per heavy atom. The topological polar surface area (TPSA) is 75.6 Å². The first-order chi connectivity index (χ1) is 8.40. The second kappa shape index (κ2) is 6.38. The summed E-state index contributed by atoms with van der Waals surface area (Å²) in [4.78, 5) is 0.0677. The first-order valence-corrected chi connectivity index (χ1v) is 7.23. The molecule has 0 fully saturated rings. The molecular weight excluding hydrogens is 278 g/mol. The van der Waals surface area contributed by atoms with Gasteiger partial charge in [0.1, 0.15) is 5.75 Å². The van der Waals surface area contributed by atoms with Crippen molar-refractivity contribution in [1.29, 1.82) is 0 Å². The van der Waals surface area contributed by atoms with Crippen LogP contribution in [0.5, 0.6) is 5.75 Å². The van der Waals surface area contributed by atoms with Crippen LogP contribution in [0.3, 0.4) is 0 Å². The van der Waals surface area contributed by atoms with E-state index in [0.29, 0.717) is 12.2 Å². The van der Waals surface area contributed by atoms with E-state index in [1.165, 1.54) is 25.3 Å². The monoisotopic (exact) mass is 293 g/mol. The Kier molecular flexibility index (Phi) is 5.40. The fourth-order valence-corrected chi connectivity index (χ4v) is 3.03. The highest BCUT2D eigenvalue weighted by atomic mass is 35.5. The summed E-state index contributed by atoms with van der Waals surface area (Å²) < 4.78 is 31.4. The minimum absolute atomic E-state index is 0.0677. The lowest BCUT2D eigenvalue weighted by Crippen LogP contribution is -2.33. The van der Waals surface area contributed by atoms with Crippen molar-refractivity contribution >= 4 is 21.6 Å². The maximum atomic E-state index is 12.0. The zero-order chi connectivity index (χ0) is 13.8. The number of aliphatic hydroxyl groups is 1. The van der Waals surface area contributed by atoms with Gasteiger partial charge in [-0.2, -0.15) is 0 Å². The molecule has 1 aromatic carbocycles. The molecule has 0 aliphatic rings. The third-order valence-electron chi connectivity index (χ3n) is 2.35. The maximum absolute atomic E-state index is 12.0. The summed E-state index contributed by atoms with van der Waals surface area (Å²) in [6.07, 6.45) is 0.350. The highest BCUT2D eigenvalue weighted by Gasteiger charge is 2.18. The maximum Gasteiger partial charge on any atom is 0.240 e. The van der Waals surface area contributed by atoms with Gasteiger partial charge in [-0.1, -0.05) is 11.6 Å².